The lowest BCUT2D eigenvalue weighted by Crippen LogP contribution is -2.42. The Morgan fingerprint density at radius 1 is 1.03 bits per heavy atom. The van der Waals surface area contributed by atoms with Crippen LogP contribution in [-0.2, 0) is 11.2 Å². The molecule has 3 aromatic rings. The number of carbonyl (C=O) groups excluding carboxylic acids is 1. The Hall–Kier alpha value is -3.70. The summed E-state index contributed by atoms with van der Waals surface area (Å²) in [6.07, 6.45) is 2.60. The molecule has 36 heavy (non-hydrogen) atoms. The molecule has 1 aliphatic heterocycles. The number of benzene rings is 3. The van der Waals surface area contributed by atoms with Crippen molar-refractivity contribution in [2.24, 2.45) is 0 Å². The summed E-state index contributed by atoms with van der Waals surface area (Å²) in [5, 5.41) is 21.4. The first-order valence-corrected chi connectivity index (χ1v) is 12.5. The van der Waals surface area contributed by atoms with E-state index in [1.165, 1.54) is 17.7 Å². The average Bonchev–Trinajstić information content (AvgIpc) is 2.89. The lowest BCUT2D eigenvalue weighted by Gasteiger charge is -2.41. The SMILES string of the molecule is CCc1ccc(N2C(=N)/C(=C(/O)c3ccc(Cl)cc3)C(c3ccc(F)cc3)C3=C2CCCC3=O)cc1. The molecule has 1 unspecified atom stereocenters. The summed E-state index contributed by atoms with van der Waals surface area (Å²) in [6.45, 7) is 2.08. The minimum Gasteiger partial charge on any atom is -0.507 e. The van der Waals surface area contributed by atoms with Crippen molar-refractivity contribution in [2.75, 3.05) is 4.90 Å². The van der Waals surface area contributed by atoms with Crippen LogP contribution in [0, 0.1) is 11.2 Å². The maximum Gasteiger partial charge on any atom is 0.161 e. The van der Waals surface area contributed by atoms with Crippen molar-refractivity contribution in [3.8, 4) is 0 Å². The molecule has 6 heteroatoms. The van der Waals surface area contributed by atoms with Crippen LogP contribution in [0.4, 0.5) is 10.1 Å². The van der Waals surface area contributed by atoms with Crippen LogP contribution in [0.3, 0.4) is 0 Å². The van der Waals surface area contributed by atoms with E-state index in [4.69, 9.17) is 11.6 Å². The first-order chi connectivity index (χ1) is 17.4. The molecule has 0 amide bonds. The van der Waals surface area contributed by atoms with Crippen LogP contribution < -0.4 is 4.90 Å². The number of amidine groups is 1. The van der Waals surface area contributed by atoms with Crippen LogP contribution in [0.15, 0.2) is 89.6 Å². The van der Waals surface area contributed by atoms with E-state index in [0.717, 1.165) is 17.8 Å². The molecule has 0 saturated heterocycles. The van der Waals surface area contributed by atoms with Gasteiger partial charge in [-0.3, -0.25) is 15.1 Å². The van der Waals surface area contributed by atoms with Gasteiger partial charge in [-0.25, -0.2) is 4.39 Å². The summed E-state index contributed by atoms with van der Waals surface area (Å²) >= 11 is 6.07. The minimum atomic E-state index is -0.692. The van der Waals surface area contributed by atoms with Gasteiger partial charge >= 0.3 is 0 Å². The summed E-state index contributed by atoms with van der Waals surface area (Å²) in [4.78, 5) is 15.2. The molecule has 182 valence electrons. The van der Waals surface area contributed by atoms with Crippen LogP contribution in [0.1, 0.15) is 48.8 Å². The molecule has 4 nitrogen and oxygen atoms in total. The highest BCUT2D eigenvalue weighted by Gasteiger charge is 2.43. The first-order valence-electron chi connectivity index (χ1n) is 12.1. The second-order valence-corrected chi connectivity index (χ2v) is 9.53. The fourth-order valence-electron chi connectivity index (χ4n) is 5.11. The lowest BCUT2D eigenvalue weighted by molar-refractivity contribution is -0.116. The number of carbonyl (C=O) groups is 1. The van der Waals surface area contributed by atoms with E-state index in [2.05, 4.69) is 6.92 Å². The topological polar surface area (TPSA) is 64.4 Å². The highest BCUT2D eigenvalue weighted by atomic mass is 35.5. The molecule has 0 fully saturated rings. The number of aliphatic hydroxyl groups is 1. The van der Waals surface area contributed by atoms with E-state index in [1.54, 1.807) is 41.3 Å². The second-order valence-electron chi connectivity index (χ2n) is 9.09. The number of Topliss-reactive ketones (excluding diaryl/α,β-unsaturated/α-hetero) is 1. The Balaban J connectivity index is 1.80. The van der Waals surface area contributed by atoms with Crippen LogP contribution in [0.25, 0.3) is 5.76 Å². The Bertz CT molecular complexity index is 1390. The van der Waals surface area contributed by atoms with E-state index in [1.807, 2.05) is 24.3 Å². The van der Waals surface area contributed by atoms with E-state index >= 15 is 0 Å². The quantitative estimate of drug-likeness (QED) is 0.362. The molecule has 3 aromatic carbocycles. The Morgan fingerprint density at radius 2 is 1.69 bits per heavy atom. The van der Waals surface area contributed by atoms with Gasteiger partial charge in [0.1, 0.15) is 17.4 Å². The maximum absolute atomic E-state index is 13.8. The number of hydrogen-bond donors (Lipinski definition) is 2. The Kier molecular flexibility index (Phi) is 6.50. The zero-order valence-corrected chi connectivity index (χ0v) is 20.6. The first kappa shape index (κ1) is 24.0. The highest BCUT2D eigenvalue weighted by molar-refractivity contribution is 6.30. The van der Waals surface area contributed by atoms with Crippen molar-refractivity contribution in [1.82, 2.24) is 0 Å². The normalized spacial score (nSPS) is 19.4. The van der Waals surface area contributed by atoms with Crippen LogP contribution in [0.2, 0.25) is 5.02 Å². The van der Waals surface area contributed by atoms with Gasteiger partial charge in [-0.2, -0.15) is 0 Å². The van der Waals surface area contributed by atoms with E-state index in [-0.39, 0.29) is 23.2 Å². The van der Waals surface area contributed by atoms with Crippen molar-refractivity contribution in [3.63, 3.8) is 0 Å². The van der Waals surface area contributed by atoms with Gasteiger partial charge in [0.05, 0.1) is 0 Å². The Morgan fingerprint density at radius 3 is 2.33 bits per heavy atom. The summed E-state index contributed by atoms with van der Waals surface area (Å²) in [7, 11) is 0. The summed E-state index contributed by atoms with van der Waals surface area (Å²) in [5.74, 6) is -1.11. The standard InChI is InChI=1S/C30H26ClFN2O2/c1-2-18-6-16-23(17-7-18)34-24-4-3-5-25(35)27(24)26(19-10-14-22(32)15-11-19)28(30(34)33)29(36)20-8-12-21(31)13-9-20/h6-17,26,33,36H,2-5H2,1H3/b29-28+,33-30?. The average molecular weight is 501 g/mol. The third-order valence-corrected chi connectivity index (χ3v) is 7.19. The van der Waals surface area contributed by atoms with Gasteiger partial charge in [-0.05, 0) is 78.9 Å². The fourth-order valence-corrected chi connectivity index (χ4v) is 5.24. The van der Waals surface area contributed by atoms with Crippen LogP contribution in [-0.4, -0.2) is 16.7 Å². The maximum atomic E-state index is 13.8. The predicted octanol–water partition coefficient (Wildman–Crippen LogP) is 7.60. The zero-order chi connectivity index (χ0) is 25.4. The second kappa shape index (κ2) is 9.75. The van der Waals surface area contributed by atoms with E-state index in [9.17, 15) is 19.7 Å². The summed E-state index contributed by atoms with van der Waals surface area (Å²) in [5.41, 5.74) is 4.69. The number of halogens is 2. The number of nitrogens with one attached hydrogen (secondary N) is 1. The van der Waals surface area contributed by atoms with Crippen molar-refractivity contribution in [3.05, 3.63) is 117 Å². The highest BCUT2D eigenvalue weighted by Crippen LogP contribution is 2.48. The fraction of sp³-hybridized carbons (Fsp3) is 0.200. The van der Waals surface area contributed by atoms with Gasteiger partial charge in [0.2, 0.25) is 0 Å². The molecule has 2 aliphatic rings. The lowest BCUT2D eigenvalue weighted by atomic mass is 9.73. The summed E-state index contributed by atoms with van der Waals surface area (Å²) in [6, 6.07) is 20.6. The number of aliphatic hydroxyl groups excluding tert-OH is 1. The van der Waals surface area contributed by atoms with Gasteiger partial charge in [0, 0.05) is 45.5 Å². The molecule has 1 aliphatic carbocycles. The smallest absolute Gasteiger partial charge is 0.161 e. The molecule has 0 saturated carbocycles. The van der Waals surface area contributed by atoms with Gasteiger partial charge in [0.15, 0.2) is 5.78 Å². The molecule has 1 atom stereocenters. The van der Waals surface area contributed by atoms with E-state index in [0.29, 0.717) is 46.6 Å². The number of nitrogens with zero attached hydrogens (tertiary/aromatic N) is 1. The molecule has 0 aromatic heterocycles. The van der Waals surface area contributed by atoms with Gasteiger partial charge in [-0.1, -0.05) is 42.8 Å². The van der Waals surface area contributed by atoms with Gasteiger partial charge in [-0.15, -0.1) is 0 Å². The number of allylic oxidation sites excluding steroid dienone is 2. The van der Waals surface area contributed by atoms with Gasteiger partial charge < -0.3 is 5.11 Å². The molecule has 1 heterocycles. The Labute approximate surface area is 214 Å². The van der Waals surface area contributed by atoms with Crippen molar-refractivity contribution in [2.45, 2.75) is 38.5 Å². The molecule has 2 N–H and O–H groups in total. The number of anilines is 1. The summed E-state index contributed by atoms with van der Waals surface area (Å²) < 4.78 is 13.8. The zero-order valence-electron chi connectivity index (χ0n) is 19.9. The number of hydrogen-bond acceptors (Lipinski definition) is 3. The number of aryl methyl sites for hydroxylation is 1. The van der Waals surface area contributed by atoms with Crippen molar-refractivity contribution in [1.29, 1.82) is 5.41 Å². The van der Waals surface area contributed by atoms with Crippen molar-refractivity contribution >= 4 is 34.7 Å². The molecular formula is C30H26ClFN2O2. The van der Waals surface area contributed by atoms with Crippen molar-refractivity contribution < 1.29 is 14.3 Å². The largest absolute Gasteiger partial charge is 0.507 e. The minimum absolute atomic E-state index is 0.0188. The third-order valence-electron chi connectivity index (χ3n) is 6.93. The van der Waals surface area contributed by atoms with Crippen LogP contribution in [0.5, 0.6) is 0 Å². The van der Waals surface area contributed by atoms with Gasteiger partial charge in [0.25, 0.3) is 0 Å². The number of ketones is 1. The molecule has 0 radical (unpaired) electrons. The molecule has 0 spiro atoms. The third kappa shape index (κ3) is 4.24. The predicted molar refractivity (Wildman–Crippen MR) is 142 cm³/mol. The monoisotopic (exact) mass is 500 g/mol. The molecule has 5 rings (SSSR count). The molecular weight excluding hydrogens is 475 g/mol. The van der Waals surface area contributed by atoms with E-state index < -0.39 is 5.92 Å². The molecule has 0 bridgehead atoms. The number of rotatable bonds is 4. The van der Waals surface area contributed by atoms with Crippen LogP contribution >= 0.6 is 11.6 Å².